The van der Waals surface area contributed by atoms with Gasteiger partial charge in [0.2, 0.25) is 0 Å². The summed E-state index contributed by atoms with van der Waals surface area (Å²) >= 11 is 0. The fraction of sp³-hybridized carbons (Fsp3) is 0.500. The Hall–Kier alpha value is -0.840. The van der Waals surface area contributed by atoms with Crippen LogP contribution in [-0.2, 0) is 0 Å². The predicted molar refractivity (Wildman–Crippen MR) is 76.8 cm³/mol. The zero-order valence-electron chi connectivity index (χ0n) is 10.5. The molecule has 2 heterocycles. The van der Waals surface area contributed by atoms with E-state index in [1.807, 2.05) is 26.1 Å². The van der Waals surface area contributed by atoms with E-state index in [1.54, 1.807) is 11.0 Å². The lowest BCUT2D eigenvalue weighted by molar-refractivity contribution is 0.0737. The molecule has 1 atom stereocenters. The van der Waals surface area contributed by atoms with Gasteiger partial charge in [-0.2, -0.15) is 0 Å². The number of carbonyl (C=O) groups excluding carboxylic acids is 1. The third-order valence-corrected chi connectivity index (χ3v) is 3.01. The van der Waals surface area contributed by atoms with Crippen molar-refractivity contribution in [3.8, 4) is 0 Å². The molecule has 0 spiro atoms. The molecule has 1 saturated heterocycles. The third kappa shape index (κ3) is 3.83. The number of rotatable bonds is 2. The number of hydrogen-bond donors (Lipinski definition) is 1. The van der Waals surface area contributed by atoms with Crippen molar-refractivity contribution in [2.24, 2.45) is 0 Å². The van der Waals surface area contributed by atoms with Gasteiger partial charge in [0.15, 0.2) is 0 Å². The maximum Gasteiger partial charge on any atom is 0.272 e. The molecule has 6 heteroatoms. The summed E-state index contributed by atoms with van der Waals surface area (Å²) in [6, 6.07) is 5.84. The Morgan fingerprint density at radius 2 is 2.17 bits per heavy atom. The van der Waals surface area contributed by atoms with Crippen molar-refractivity contribution in [1.82, 2.24) is 15.2 Å². The monoisotopic (exact) mass is 291 g/mol. The first-order chi connectivity index (χ1) is 7.68. The number of amides is 1. The average Bonchev–Trinajstić information content (AvgIpc) is 2.80. The van der Waals surface area contributed by atoms with Gasteiger partial charge in [-0.3, -0.25) is 4.79 Å². The zero-order chi connectivity index (χ0) is 11.5. The van der Waals surface area contributed by atoms with Gasteiger partial charge in [-0.05, 0) is 32.0 Å². The fourth-order valence-corrected chi connectivity index (χ4v) is 1.98. The highest BCUT2D eigenvalue weighted by atomic mass is 35.5. The molecule has 1 aromatic heterocycles. The Morgan fingerprint density at radius 3 is 2.72 bits per heavy atom. The van der Waals surface area contributed by atoms with Crippen LogP contribution >= 0.6 is 24.8 Å². The second kappa shape index (κ2) is 7.56. The minimum absolute atomic E-state index is 0. The molecule has 1 amide bonds. The predicted octanol–water partition coefficient (Wildman–Crippen LogP) is 1.67. The van der Waals surface area contributed by atoms with E-state index in [4.69, 9.17) is 0 Å². The molecule has 0 bridgehead atoms. The molecule has 1 aliphatic heterocycles. The standard InChI is InChI=1S/C12H17N3O.2ClH/c1-9-4-3-5-11(14-9)12(16)15(2)10-6-7-13-8-10;;/h3-5,10,13H,6-8H2,1-2H3;2*1H. The summed E-state index contributed by atoms with van der Waals surface area (Å²) < 4.78 is 0. The molecule has 1 aliphatic rings. The van der Waals surface area contributed by atoms with Crippen LogP contribution in [0.1, 0.15) is 22.6 Å². The van der Waals surface area contributed by atoms with Gasteiger partial charge in [-0.1, -0.05) is 6.07 Å². The largest absolute Gasteiger partial charge is 0.336 e. The van der Waals surface area contributed by atoms with Crippen LogP contribution in [0.5, 0.6) is 0 Å². The fourth-order valence-electron chi connectivity index (χ4n) is 1.98. The Morgan fingerprint density at radius 1 is 1.44 bits per heavy atom. The van der Waals surface area contributed by atoms with Crippen LogP contribution in [-0.4, -0.2) is 42.0 Å². The van der Waals surface area contributed by atoms with Crippen LogP contribution in [0.25, 0.3) is 0 Å². The van der Waals surface area contributed by atoms with Crippen LogP contribution in [0.2, 0.25) is 0 Å². The summed E-state index contributed by atoms with van der Waals surface area (Å²) in [4.78, 5) is 18.2. The lowest BCUT2D eigenvalue weighted by Gasteiger charge is -2.23. The molecule has 2 rings (SSSR count). The molecule has 1 unspecified atom stereocenters. The van der Waals surface area contributed by atoms with Crippen LogP contribution in [0.3, 0.4) is 0 Å². The molecular weight excluding hydrogens is 273 g/mol. The topological polar surface area (TPSA) is 45.2 Å². The molecule has 0 saturated carbocycles. The minimum atomic E-state index is 0. The summed E-state index contributed by atoms with van der Waals surface area (Å²) in [7, 11) is 1.85. The third-order valence-electron chi connectivity index (χ3n) is 3.01. The van der Waals surface area contributed by atoms with Crippen molar-refractivity contribution in [2.45, 2.75) is 19.4 Å². The second-order valence-corrected chi connectivity index (χ2v) is 4.23. The number of aryl methyl sites for hydroxylation is 1. The molecule has 0 aliphatic carbocycles. The van der Waals surface area contributed by atoms with Gasteiger partial charge in [0, 0.05) is 25.3 Å². The number of pyridine rings is 1. The maximum absolute atomic E-state index is 12.1. The number of carbonyl (C=O) groups is 1. The maximum atomic E-state index is 12.1. The van der Waals surface area contributed by atoms with Crippen molar-refractivity contribution in [1.29, 1.82) is 0 Å². The van der Waals surface area contributed by atoms with Crippen molar-refractivity contribution in [3.05, 3.63) is 29.6 Å². The molecular formula is C12H19Cl2N3O. The number of aromatic nitrogens is 1. The van der Waals surface area contributed by atoms with E-state index >= 15 is 0 Å². The highest BCUT2D eigenvalue weighted by Gasteiger charge is 2.24. The first kappa shape index (κ1) is 17.2. The molecule has 1 N–H and O–H groups in total. The highest BCUT2D eigenvalue weighted by Crippen LogP contribution is 2.10. The Bertz CT molecular complexity index is 395. The van der Waals surface area contributed by atoms with E-state index in [0.29, 0.717) is 11.7 Å². The van der Waals surface area contributed by atoms with Gasteiger partial charge in [-0.25, -0.2) is 4.98 Å². The van der Waals surface area contributed by atoms with Crippen molar-refractivity contribution in [3.63, 3.8) is 0 Å². The van der Waals surface area contributed by atoms with E-state index in [-0.39, 0.29) is 30.7 Å². The first-order valence-corrected chi connectivity index (χ1v) is 5.60. The van der Waals surface area contributed by atoms with Gasteiger partial charge >= 0.3 is 0 Å². The SMILES string of the molecule is Cc1cccc(C(=O)N(C)C2CCNC2)n1.Cl.Cl. The average molecular weight is 292 g/mol. The number of nitrogens with zero attached hydrogens (tertiary/aromatic N) is 2. The van der Waals surface area contributed by atoms with Crippen LogP contribution in [0.15, 0.2) is 18.2 Å². The summed E-state index contributed by atoms with van der Waals surface area (Å²) in [5.74, 6) is 0.0115. The summed E-state index contributed by atoms with van der Waals surface area (Å²) in [5, 5.41) is 3.26. The van der Waals surface area contributed by atoms with Crippen LogP contribution in [0.4, 0.5) is 0 Å². The van der Waals surface area contributed by atoms with E-state index in [1.165, 1.54) is 0 Å². The lowest BCUT2D eigenvalue weighted by atomic mass is 10.2. The number of halogens is 2. The second-order valence-electron chi connectivity index (χ2n) is 4.23. The molecule has 4 nitrogen and oxygen atoms in total. The van der Waals surface area contributed by atoms with Crippen molar-refractivity contribution < 1.29 is 4.79 Å². The molecule has 0 aromatic carbocycles. The van der Waals surface area contributed by atoms with E-state index in [9.17, 15) is 4.79 Å². The molecule has 102 valence electrons. The molecule has 1 fully saturated rings. The minimum Gasteiger partial charge on any atom is -0.336 e. The van der Waals surface area contributed by atoms with Crippen molar-refractivity contribution in [2.75, 3.05) is 20.1 Å². The first-order valence-electron chi connectivity index (χ1n) is 5.60. The number of hydrogen-bond acceptors (Lipinski definition) is 3. The summed E-state index contributed by atoms with van der Waals surface area (Å²) in [5.41, 5.74) is 1.41. The Kier molecular flexibility index (Phi) is 7.21. The molecule has 1 aromatic rings. The van der Waals surface area contributed by atoms with E-state index < -0.39 is 0 Å². The number of likely N-dealkylation sites (N-methyl/N-ethyl adjacent to an activating group) is 1. The van der Waals surface area contributed by atoms with Crippen LogP contribution in [0, 0.1) is 6.92 Å². The van der Waals surface area contributed by atoms with Crippen LogP contribution < -0.4 is 5.32 Å². The van der Waals surface area contributed by atoms with Gasteiger partial charge in [0.05, 0.1) is 0 Å². The van der Waals surface area contributed by atoms with Gasteiger partial charge < -0.3 is 10.2 Å². The summed E-state index contributed by atoms with van der Waals surface area (Å²) in [6.45, 7) is 3.77. The van der Waals surface area contributed by atoms with Crippen molar-refractivity contribution >= 4 is 30.7 Å². The molecule has 0 radical (unpaired) electrons. The normalized spacial score (nSPS) is 17.6. The zero-order valence-corrected chi connectivity index (χ0v) is 12.2. The number of nitrogens with one attached hydrogen (secondary N) is 1. The highest BCUT2D eigenvalue weighted by molar-refractivity contribution is 5.92. The molecule has 18 heavy (non-hydrogen) atoms. The lowest BCUT2D eigenvalue weighted by Crippen LogP contribution is -2.38. The van der Waals surface area contributed by atoms with Gasteiger partial charge in [0.25, 0.3) is 5.91 Å². The Balaban J connectivity index is 0.00000144. The quantitative estimate of drug-likeness (QED) is 0.902. The summed E-state index contributed by atoms with van der Waals surface area (Å²) in [6.07, 6.45) is 1.02. The van der Waals surface area contributed by atoms with Gasteiger partial charge in [0.1, 0.15) is 5.69 Å². The van der Waals surface area contributed by atoms with Gasteiger partial charge in [-0.15, -0.1) is 24.8 Å². The van der Waals surface area contributed by atoms with E-state index in [0.717, 1.165) is 25.2 Å². The smallest absolute Gasteiger partial charge is 0.272 e. The van der Waals surface area contributed by atoms with E-state index in [2.05, 4.69) is 10.3 Å². The Labute approximate surface area is 120 Å².